The molecule has 2 N–H and O–H groups in total. The molecule has 0 radical (unpaired) electrons. The monoisotopic (exact) mass is 428 g/mol. The van der Waals surface area contributed by atoms with Gasteiger partial charge in [0.2, 0.25) is 5.95 Å². The van der Waals surface area contributed by atoms with Gasteiger partial charge in [-0.1, -0.05) is 36.4 Å². The normalized spacial score (nSPS) is 13.7. The zero-order valence-corrected chi connectivity index (χ0v) is 18.0. The Morgan fingerprint density at radius 3 is 2.77 bits per heavy atom. The number of benzene rings is 2. The van der Waals surface area contributed by atoms with E-state index in [4.69, 9.17) is 4.98 Å². The second-order valence-corrected chi connectivity index (χ2v) is 8.50. The van der Waals surface area contributed by atoms with E-state index in [1.807, 2.05) is 36.4 Å². The lowest BCUT2D eigenvalue weighted by molar-refractivity contribution is 0.351. The van der Waals surface area contributed by atoms with E-state index in [0.717, 1.165) is 60.2 Å². The highest BCUT2D eigenvalue weighted by Crippen LogP contribution is 2.31. The summed E-state index contributed by atoms with van der Waals surface area (Å²) in [4.78, 5) is 16.2. The highest BCUT2D eigenvalue weighted by atomic mass is 32.1. The van der Waals surface area contributed by atoms with E-state index < -0.39 is 0 Å². The van der Waals surface area contributed by atoms with Gasteiger partial charge in [-0.3, -0.25) is 4.90 Å². The maximum atomic E-state index is 4.76. The molecule has 0 saturated carbocycles. The average molecular weight is 429 g/mol. The molecule has 31 heavy (non-hydrogen) atoms. The van der Waals surface area contributed by atoms with Gasteiger partial charge in [-0.05, 0) is 36.8 Å². The minimum absolute atomic E-state index is 0.579. The van der Waals surface area contributed by atoms with Gasteiger partial charge in [-0.2, -0.15) is 4.98 Å². The number of rotatable bonds is 8. The van der Waals surface area contributed by atoms with Crippen molar-refractivity contribution in [1.82, 2.24) is 19.9 Å². The maximum absolute atomic E-state index is 4.76. The molecule has 0 fully saturated rings. The fourth-order valence-electron chi connectivity index (χ4n) is 3.60. The third-order valence-corrected chi connectivity index (χ3v) is 6.25. The van der Waals surface area contributed by atoms with E-state index in [-0.39, 0.29) is 0 Å². The molecule has 7 heteroatoms. The zero-order valence-electron chi connectivity index (χ0n) is 17.2. The summed E-state index contributed by atoms with van der Waals surface area (Å²) in [7, 11) is 0. The molecule has 0 saturated heterocycles. The Bertz CT molecular complexity index is 1160. The minimum Gasteiger partial charge on any atom is -0.370 e. The molecule has 6 nitrogen and oxygen atoms in total. The van der Waals surface area contributed by atoms with Crippen LogP contribution in [-0.2, 0) is 0 Å². The standard InChI is InChI=1S/C24H24N6S/c1-2-10-21-20(9-1)28-23(31-21)18-7-5-8-19(17-18)27-24-26-13-11-22(29-24)25-12-6-16-30-14-3-4-15-30/h1-5,7-11,13,17H,6,12,14-16H2,(H2,25,26,27,29). The first-order valence-corrected chi connectivity index (χ1v) is 11.3. The number of thiazole rings is 1. The SMILES string of the molecule is C1=CCN(CCCNc2ccnc(Nc3cccc(-c4nc5ccccc5s4)c3)n2)C1. The van der Waals surface area contributed by atoms with Crippen LogP contribution in [0.3, 0.4) is 0 Å². The summed E-state index contributed by atoms with van der Waals surface area (Å²) < 4.78 is 1.19. The molecule has 0 amide bonds. The predicted molar refractivity (Wildman–Crippen MR) is 129 cm³/mol. The second-order valence-electron chi connectivity index (χ2n) is 7.47. The quantitative estimate of drug-likeness (QED) is 0.298. The number of hydrogen-bond donors (Lipinski definition) is 2. The zero-order chi connectivity index (χ0) is 20.9. The number of para-hydroxylation sites is 1. The Balaban J connectivity index is 1.22. The smallest absolute Gasteiger partial charge is 0.229 e. The second kappa shape index (κ2) is 9.24. The first-order valence-electron chi connectivity index (χ1n) is 10.5. The van der Waals surface area contributed by atoms with Crippen molar-refractivity contribution in [1.29, 1.82) is 0 Å². The van der Waals surface area contributed by atoms with Crippen molar-refractivity contribution in [2.24, 2.45) is 0 Å². The van der Waals surface area contributed by atoms with Crippen LogP contribution in [-0.4, -0.2) is 46.0 Å². The summed E-state index contributed by atoms with van der Waals surface area (Å²) in [6.45, 7) is 4.12. The third-order valence-electron chi connectivity index (χ3n) is 5.17. The van der Waals surface area contributed by atoms with Crippen molar-refractivity contribution < 1.29 is 0 Å². The van der Waals surface area contributed by atoms with Crippen molar-refractivity contribution in [2.75, 3.05) is 36.8 Å². The first kappa shape index (κ1) is 19.7. The molecule has 0 spiro atoms. The highest BCUT2D eigenvalue weighted by Gasteiger charge is 2.08. The van der Waals surface area contributed by atoms with Gasteiger partial charge in [0.05, 0.1) is 10.2 Å². The molecule has 0 unspecified atom stereocenters. The summed E-state index contributed by atoms with van der Waals surface area (Å²) in [5.41, 5.74) is 3.05. The van der Waals surface area contributed by atoms with Gasteiger partial charge in [-0.25, -0.2) is 9.97 Å². The molecule has 0 bridgehead atoms. The summed E-state index contributed by atoms with van der Waals surface area (Å²) in [5.74, 6) is 1.41. The lowest BCUT2D eigenvalue weighted by Gasteiger charge is -2.14. The van der Waals surface area contributed by atoms with E-state index in [1.54, 1.807) is 17.5 Å². The molecule has 5 rings (SSSR count). The van der Waals surface area contributed by atoms with E-state index in [2.05, 4.69) is 55.9 Å². The molecular weight excluding hydrogens is 404 g/mol. The van der Waals surface area contributed by atoms with Crippen LogP contribution in [0.2, 0.25) is 0 Å². The van der Waals surface area contributed by atoms with Crippen LogP contribution in [0.1, 0.15) is 6.42 Å². The van der Waals surface area contributed by atoms with Crippen molar-refractivity contribution in [3.8, 4) is 10.6 Å². The van der Waals surface area contributed by atoms with E-state index >= 15 is 0 Å². The van der Waals surface area contributed by atoms with E-state index in [0.29, 0.717) is 5.95 Å². The summed E-state index contributed by atoms with van der Waals surface area (Å²) >= 11 is 1.70. The average Bonchev–Trinajstić information content (AvgIpc) is 3.47. The van der Waals surface area contributed by atoms with Crippen molar-refractivity contribution in [2.45, 2.75) is 6.42 Å². The minimum atomic E-state index is 0.579. The first-order chi connectivity index (χ1) is 15.3. The Labute approximate surface area is 185 Å². The van der Waals surface area contributed by atoms with Crippen LogP contribution in [0.4, 0.5) is 17.5 Å². The number of hydrogen-bond acceptors (Lipinski definition) is 7. The van der Waals surface area contributed by atoms with E-state index in [9.17, 15) is 0 Å². The van der Waals surface area contributed by atoms with Crippen LogP contribution >= 0.6 is 11.3 Å². The molecule has 2 aromatic carbocycles. The summed E-state index contributed by atoms with van der Waals surface area (Å²) in [6.07, 6.45) is 7.31. The highest BCUT2D eigenvalue weighted by molar-refractivity contribution is 7.21. The van der Waals surface area contributed by atoms with Crippen molar-refractivity contribution in [3.05, 3.63) is 72.9 Å². The van der Waals surface area contributed by atoms with Gasteiger partial charge in [-0.15, -0.1) is 11.3 Å². The molecule has 1 aliphatic rings. The number of nitrogens with one attached hydrogen (secondary N) is 2. The summed E-state index contributed by atoms with van der Waals surface area (Å²) in [6, 6.07) is 18.3. The molecule has 0 atom stereocenters. The van der Waals surface area contributed by atoms with Gasteiger partial charge < -0.3 is 10.6 Å². The molecule has 0 aliphatic carbocycles. The fraction of sp³-hybridized carbons (Fsp3) is 0.208. The van der Waals surface area contributed by atoms with Gasteiger partial charge >= 0.3 is 0 Å². The molecule has 2 aromatic heterocycles. The van der Waals surface area contributed by atoms with Crippen LogP contribution in [0, 0.1) is 0 Å². The number of anilines is 3. The Morgan fingerprint density at radius 1 is 0.968 bits per heavy atom. The predicted octanol–water partition coefficient (Wildman–Crippen LogP) is 5.17. The summed E-state index contributed by atoms with van der Waals surface area (Å²) in [5, 5.41) is 7.73. The lowest BCUT2D eigenvalue weighted by Crippen LogP contribution is -2.23. The number of nitrogens with zero attached hydrogens (tertiary/aromatic N) is 4. The van der Waals surface area contributed by atoms with Crippen molar-refractivity contribution >= 4 is 39.0 Å². The van der Waals surface area contributed by atoms with Crippen LogP contribution in [0.15, 0.2) is 72.9 Å². The van der Waals surface area contributed by atoms with Crippen molar-refractivity contribution in [3.63, 3.8) is 0 Å². The Hall–Kier alpha value is -3.29. The Morgan fingerprint density at radius 2 is 1.87 bits per heavy atom. The topological polar surface area (TPSA) is 66.0 Å². The molecule has 3 heterocycles. The fourth-order valence-corrected chi connectivity index (χ4v) is 4.56. The van der Waals surface area contributed by atoms with Gasteiger partial charge in [0, 0.05) is 43.6 Å². The molecular formula is C24H24N6S. The molecule has 1 aliphatic heterocycles. The lowest BCUT2D eigenvalue weighted by atomic mass is 10.2. The van der Waals surface area contributed by atoms with E-state index in [1.165, 1.54) is 4.70 Å². The van der Waals surface area contributed by atoms with Gasteiger partial charge in [0.15, 0.2) is 0 Å². The largest absolute Gasteiger partial charge is 0.370 e. The van der Waals surface area contributed by atoms with Crippen LogP contribution in [0.25, 0.3) is 20.8 Å². The number of aromatic nitrogens is 3. The van der Waals surface area contributed by atoms with Crippen LogP contribution in [0.5, 0.6) is 0 Å². The van der Waals surface area contributed by atoms with Gasteiger partial charge in [0.25, 0.3) is 0 Å². The number of fused-ring (bicyclic) bond motifs is 1. The van der Waals surface area contributed by atoms with Crippen LogP contribution < -0.4 is 10.6 Å². The Kier molecular flexibility index (Phi) is 5.86. The third kappa shape index (κ3) is 4.90. The molecule has 156 valence electrons. The maximum Gasteiger partial charge on any atom is 0.229 e. The van der Waals surface area contributed by atoms with Gasteiger partial charge in [0.1, 0.15) is 10.8 Å². The molecule has 4 aromatic rings.